The van der Waals surface area contributed by atoms with Crippen molar-refractivity contribution in [1.82, 2.24) is 15.0 Å². The minimum absolute atomic E-state index is 0.620. The molecule has 2 aromatic heterocycles. The molecule has 0 fully saturated rings. The highest BCUT2D eigenvalue weighted by Crippen LogP contribution is 2.24. The normalized spacial score (nSPS) is 10.4. The van der Waals surface area contributed by atoms with E-state index in [0.717, 1.165) is 28.2 Å². The fourth-order valence-electron chi connectivity index (χ4n) is 2.07. The number of nitrogens with zero attached hydrogens (tertiary/aromatic N) is 2. The Morgan fingerprint density at radius 3 is 2.35 bits per heavy atom. The van der Waals surface area contributed by atoms with Crippen LogP contribution in [0.15, 0.2) is 54.9 Å². The molecule has 2 heterocycles. The number of H-pyrrole nitrogens is 1. The number of rotatable bonds is 2. The third kappa shape index (κ3) is 2.38. The Bertz CT molecular complexity index is 780. The average molecular weight is 279 g/mol. The van der Waals surface area contributed by atoms with Gasteiger partial charge in [0.05, 0.1) is 5.69 Å². The van der Waals surface area contributed by atoms with Crippen LogP contribution in [-0.4, -0.2) is 15.0 Å². The number of aromatic amines is 1. The monoisotopic (exact) mass is 279 g/mol. The Labute approximate surface area is 122 Å². The van der Waals surface area contributed by atoms with Crippen molar-refractivity contribution in [3.63, 3.8) is 0 Å². The third-order valence-electron chi connectivity index (χ3n) is 3.17. The molecule has 1 N–H and O–H groups in total. The van der Waals surface area contributed by atoms with E-state index in [2.05, 4.69) is 27.1 Å². The van der Waals surface area contributed by atoms with E-state index in [4.69, 9.17) is 12.2 Å². The van der Waals surface area contributed by atoms with Gasteiger partial charge >= 0.3 is 0 Å². The summed E-state index contributed by atoms with van der Waals surface area (Å²) >= 11 is 5.38. The predicted octanol–water partition coefficient (Wildman–Crippen LogP) is 4.18. The van der Waals surface area contributed by atoms with Crippen LogP contribution in [0.2, 0.25) is 0 Å². The maximum Gasteiger partial charge on any atom is 0.139 e. The van der Waals surface area contributed by atoms with Crippen LogP contribution in [0.3, 0.4) is 0 Å². The SMILES string of the molecule is Cc1c(-c2ccccc2)[nH]c(-c2ccncc2)nc1=S. The van der Waals surface area contributed by atoms with Crippen molar-refractivity contribution in [3.05, 3.63) is 65.1 Å². The van der Waals surface area contributed by atoms with Crippen LogP contribution in [0.4, 0.5) is 0 Å². The Balaban J connectivity index is 2.22. The van der Waals surface area contributed by atoms with Gasteiger partial charge in [0.25, 0.3) is 0 Å². The zero-order valence-electron chi connectivity index (χ0n) is 11.0. The first-order valence-electron chi connectivity index (χ1n) is 6.32. The highest BCUT2D eigenvalue weighted by molar-refractivity contribution is 7.71. The fraction of sp³-hybridized carbons (Fsp3) is 0.0625. The number of nitrogens with one attached hydrogen (secondary N) is 1. The highest BCUT2D eigenvalue weighted by atomic mass is 32.1. The van der Waals surface area contributed by atoms with Gasteiger partial charge in [0.2, 0.25) is 0 Å². The molecule has 1 aromatic carbocycles. The molecule has 0 aliphatic heterocycles. The van der Waals surface area contributed by atoms with Crippen LogP contribution < -0.4 is 0 Å². The van der Waals surface area contributed by atoms with Crippen molar-refractivity contribution >= 4 is 12.2 Å². The van der Waals surface area contributed by atoms with E-state index in [1.165, 1.54) is 0 Å². The van der Waals surface area contributed by atoms with Crippen molar-refractivity contribution in [2.24, 2.45) is 0 Å². The largest absolute Gasteiger partial charge is 0.339 e. The molecule has 4 heteroatoms. The molecule has 0 aliphatic carbocycles. The maximum absolute atomic E-state index is 5.38. The molecule has 0 spiro atoms. The summed E-state index contributed by atoms with van der Waals surface area (Å²) in [6, 6.07) is 14.0. The summed E-state index contributed by atoms with van der Waals surface area (Å²) in [6.45, 7) is 1.99. The molecule has 3 rings (SSSR count). The zero-order valence-corrected chi connectivity index (χ0v) is 11.8. The second-order valence-corrected chi connectivity index (χ2v) is 4.88. The van der Waals surface area contributed by atoms with E-state index in [1.807, 2.05) is 37.3 Å². The molecular weight excluding hydrogens is 266 g/mol. The van der Waals surface area contributed by atoms with Gasteiger partial charge in [0.1, 0.15) is 10.5 Å². The number of pyridine rings is 1. The molecule has 0 aliphatic rings. The Morgan fingerprint density at radius 2 is 1.65 bits per heavy atom. The van der Waals surface area contributed by atoms with Crippen LogP contribution >= 0.6 is 12.2 Å². The van der Waals surface area contributed by atoms with Gasteiger partial charge in [-0.1, -0.05) is 42.5 Å². The second kappa shape index (κ2) is 5.35. The van der Waals surface area contributed by atoms with Crippen LogP contribution in [0, 0.1) is 11.6 Å². The summed E-state index contributed by atoms with van der Waals surface area (Å²) in [5.74, 6) is 0.766. The molecule has 0 atom stereocenters. The van der Waals surface area contributed by atoms with Crippen molar-refractivity contribution < 1.29 is 0 Å². The molecular formula is C16H13N3S. The van der Waals surface area contributed by atoms with E-state index < -0.39 is 0 Å². The summed E-state index contributed by atoms with van der Waals surface area (Å²) in [5, 5.41) is 0. The minimum atomic E-state index is 0.620. The molecule has 3 aromatic rings. The molecule has 0 radical (unpaired) electrons. The van der Waals surface area contributed by atoms with Crippen molar-refractivity contribution in [2.45, 2.75) is 6.92 Å². The molecule has 0 saturated carbocycles. The number of hydrogen-bond donors (Lipinski definition) is 1. The van der Waals surface area contributed by atoms with E-state index in [-0.39, 0.29) is 0 Å². The van der Waals surface area contributed by atoms with Gasteiger partial charge in [-0.2, -0.15) is 0 Å². The molecule has 20 heavy (non-hydrogen) atoms. The molecule has 0 saturated heterocycles. The number of aromatic nitrogens is 3. The topological polar surface area (TPSA) is 41.6 Å². The van der Waals surface area contributed by atoms with Gasteiger partial charge in [0.15, 0.2) is 0 Å². The summed E-state index contributed by atoms with van der Waals surface area (Å²) in [6.07, 6.45) is 3.49. The van der Waals surface area contributed by atoms with Crippen LogP contribution in [0.25, 0.3) is 22.6 Å². The van der Waals surface area contributed by atoms with E-state index in [1.54, 1.807) is 12.4 Å². The van der Waals surface area contributed by atoms with Gasteiger partial charge in [-0.3, -0.25) is 4.98 Å². The first kappa shape index (κ1) is 12.7. The zero-order chi connectivity index (χ0) is 13.9. The Kier molecular flexibility index (Phi) is 3.39. The van der Waals surface area contributed by atoms with E-state index in [9.17, 15) is 0 Å². The fourth-order valence-corrected chi connectivity index (χ4v) is 2.27. The summed E-state index contributed by atoms with van der Waals surface area (Å²) in [7, 11) is 0. The van der Waals surface area contributed by atoms with Crippen LogP contribution in [0.5, 0.6) is 0 Å². The summed E-state index contributed by atoms with van der Waals surface area (Å²) in [5.41, 5.74) is 4.08. The van der Waals surface area contributed by atoms with Crippen molar-refractivity contribution in [1.29, 1.82) is 0 Å². The lowest BCUT2D eigenvalue weighted by Gasteiger charge is -2.09. The molecule has 98 valence electrons. The van der Waals surface area contributed by atoms with Gasteiger partial charge in [-0.25, -0.2) is 4.98 Å². The van der Waals surface area contributed by atoms with Crippen LogP contribution in [0.1, 0.15) is 5.56 Å². The Hall–Kier alpha value is -2.33. The van der Waals surface area contributed by atoms with Gasteiger partial charge in [-0.15, -0.1) is 0 Å². The second-order valence-electron chi connectivity index (χ2n) is 4.49. The lowest BCUT2D eigenvalue weighted by atomic mass is 10.1. The van der Waals surface area contributed by atoms with E-state index in [0.29, 0.717) is 4.64 Å². The minimum Gasteiger partial charge on any atom is -0.339 e. The third-order valence-corrected chi connectivity index (χ3v) is 3.57. The van der Waals surface area contributed by atoms with Gasteiger partial charge in [-0.05, 0) is 24.6 Å². The maximum atomic E-state index is 5.38. The quantitative estimate of drug-likeness (QED) is 0.716. The molecule has 3 nitrogen and oxygen atoms in total. The van der Waals surface area contributed by atoms with Gasteiger partial charge in [0, 0.05) is 23.5 Å². The lowest BCUT2D eigenvalue weighted by molar-refractivity contribution is 1.12. The van der Waals surface area contributed by atoms with Gasteiger partial charge < -0.3 is 4.98 Å². The van der Waals surface area contributed by atoms with Crippen molar-refractivity contribution in [2.75, 3.05) is 0 Å². The first-order valence-corrected chi connectivity index (χ1v) is 6.73. The lowest BCUT2D eigenvalue weighted by Crippen LogP contribution is -1.97. The van der Waals surface area contributed by atoms with Crippen molar-refractivity contribution in [3.8, 4) is 22.6 Å². The standard InChI is InChI=1S/C16H13N3S/c1-11-14(12-5-3-2-4-6-12)18-15(19-16(11)20)13-7-9-17-10-8-13/h2-10H,1H3,(H,18,19,20). The number of benzene rings is 1. The molecule has 0 amide bonds. The smallest absolute Gasteiger partial charge is 0.139 e. The summed E-state index contributed by atoms with van der Waals surface area (Å²) < 4.78 is 0.620. The molecule has 0 bridgehead atoms. The van der Waals surface area contributed by atoms with Crippen LogP contribution in [-0.2, 0) is 0 Å². The average Bonchev–Trinajstić information content (AvgIpc) is 2.51. The predicted molar refractivity (Wildman–Crippen MR) is 82.8 cm³/mol. The summed E-state index contributed by atoms with van der Waals surface area (Å²) in [4.78, 5) is 11.9. The first-order chi connectivity index (χ1) is 9.75. The highest BCUT2D eigenvalue weighted by Gasteiger charge is 2.08. The number of hydrogen-bond acceptors (Lipinski definition) is 3. The van der Waals surface area contributed by atoms with E-state index >= 15 is 0 Å². The molecule has 0 unspecified atom stereocenters. The Morgan fingerprint density at radius 1 is 0.950 bits per heavy atom.